The molecule has 0 atom stereocenters. The molecule has 0 unspecified atom stereocenters. The zero-order chi connectivity index (χ0) is 11.7. The van der Waals surface area contributed by atoms with E-state index in [4.69, 9.17) is 8.94 Å². The maximum Gasteiger partial charge on any atom is 0.293 e. The summed E-state index contributed by atoms with van der Waals surface area (Å²) < 4.78 is 10.1. The Balaban J connectivity index is 1.62. The number of carbonyl (C=O) groups excluding carboxylic acids is 1. The van der Waals surface area contributed by atoms with Crippen molar-refractivity contribution >= 4 is 5.91 Å². The van der Waals surface area contributed by atoms with E-state index in [9.17, 15) is 4.79 Å². The lowest BCUT2D eigenvalue weighted by Crippen LogP contribution is -2.24. The van der Waals surface area contributed by atoms with Crippen molar-refractivity contribution in [3.63, 3.8) is 0 Å². The van der Waals surface area contributed by atoms with Crippen LogP contribution >= 0.6 is 0 Å². The van der Waals surface area contributed by atoms with Crippen LogP contribution < -0.4 is 5.32 Å². The number of amides is 1. The first-order valence-corrected chi connectivity index (χ1v) is 5.47. The summed E-state index contributed by atoms with van der Waals surface area (Å²) >= 11 is 0. The SMILES string of the molecule is O=C(NCc1noc(-c2ccco2)n1)C1CC1. The van der Waals surface area contributed by atoms with Crippen LogP contribution in [0.3, 0.4) is 0 Å². The molecule has 88 valence electrons. The zero-order valence-electron chi connectivity index (χ0n) is 9.05. The average molecular weight is 233 g/mol. The van der Waals surface area contributed by atoms with Gasteiger partial charge >= 0.3 is 0 Å². The van der Waals surface area contributed by atoms with Gasteiger partial charge in [-0.1, -0.05) is 5.16 Å². The van der Waals surface area contributed by atoms with Crippen LogP contribution in [0.25, 0.3) is 11.7 Å². The van der Waals surface area contributed by atoms with Gasteiger partial charge in [-0.05, 0) is 25.0 Å². The van der Waals surface area contributed by atoms with E-state index in [0.29, 0.717) is 24.0 Å². The fourth-order valence-electron chi connectivity index (χ4n) is 1.48. The lowest BCUT2D eigenvalue weighted by molar-refractivity contribution is -0.122. The molecule has 0 radical (unpaired) electrons. The highest BCUT2D eigenvalue weighted by molar-refractivity contribution is 5.80. The van der Waals surface area contributed by atoms with Crippen molar-refractivity contribution in [2.24, 2.45) is 5.92 Å². The summed E-state index contributed by atoms with van der Waals surface area (Å²) in [5.74, 6) is 1.55. The second-order valence-corrected chi connectivity index (χ2v) is 3.99. The fraction of sp³-hybridized carbons (Fsp3) is 0.364. The molecule has 1 aliphatic rings. The van der Waals surface area contributed by atoms with Gasteiger partial charge in [0.1, 0.15) is 0 Å². The van der Waals surface area contributed by atoms with Gasteiger partial charge in [0.05, 0.1) is 12.8 Å². The quantitative estimate of drug-likeness (QED) is 0.862. The van der Waals surface area contributed by atoms with Crippen molar-refractivity contribution < 1.29 is 13.7 Å². The van der Waals surface area contributed by atoms with Gasteiger partial charge in [-0.15, -0.1) is 0 Å². The van der Waals surface area contributed by atoms with E-state index in [2.05, 4.69) is 15.5 Å². The third-order valence-electron chi connectivity index (χ3n) is 2.57. The molecular weight excluding hydrogens is 222 g/mol. The molecule has 1 fully saturated rings. The molecule has 0 aliphatic heterocycles. The molecule has 0 spiro atoms. The van der Waals surface area contributed by atoms with Gasteiger partial charge in [-0.3, -0.25) is 4.79 Å². The second-order valence-electron chi connectivity index (χ2n) is 3.99. The Hall–Kier alpha value is -2.11. The Morgan fingerprint density at radius 1 is 1.53 bits per heavy atom. The number of furan rings is 1. The third kappa shape index (κ3) is 2.20. The number of carbonyl (C=O) groups is 1. The molecule has 3 rings (SSSR count). The Kier molecular flexibility index (Phi) is 2.40. The largest absolute Gasteiger partial charge is 0.459 e. The van der Waals surface area contributed by atoms with E-state index >= 15 is 0 Å². The predicted octanol–water partition coefficient (Wildman–Crippen LogP) is 1.36. The fourth-order valence-corrected chi connectivity index (χ4v) is 1.48. The molecule has 0 saturated heterocycles. The van der Waals surface area contributed by atoms with Crippen LogP contribution in [-0.4, -0.2) is 16.0 Å². The monoisotopic (exact) mass is 233 g/mol. The molecular formula is C11H11N3O3. The van der Waals surface area contributed by atoms with Crippen LogP contribution in [0, 0.1) is 5.92 Å². The van der Waals surface area contributed by atoms with Gasteiger partial charge in [0.25, 0.3) is 5.89 Å². The van der Waals surface area contributed by atoms with Crippen LogP contribution in [-0.2, 0) is 11.3 Å². The highest BCUT2D eigenvalue weighted by Gasteiger charge is 2.29. The summed E-state index contributed by atoms with van der Waals surface area (Å²) in [6, 6.07) is 3.48. The predicted molar refractivity (Wildman–Crippen MR) is 56.6 cm³/mol. The molecule has 1 amide bonds. The van der Waals surface area contributed by atoms with E-state index in [1.165, 1.54) is 6.26 Å². The highest BCUT2D eigenvalue weighted by Crippen LogP contribution is 2.28. The maximum atomic E-state index is 11.4. The van der Waals surface area contributed by atoms with E-state index in [0.717, 1.165) is 12.8 Å². The Bertz CT molecular complexity index is 514. The van der Waals surface area contributed by atoms with Gasteiger partial charge in [0.15, 0.2) is 11.6 Å². The molecule has 1 aliphatic carbocycles. The summed E-state index contributed by atoms with van der Waals surface area (Å²) in [5.41, 5.74) is 0. The maximum absolute atomic E-state index is 11.4. The van der Waals surface area contributed by atoms with E-state index in [1.54, 1.807) is 12.1 Å². The van der Waals surface area contributed by atoms with Crippen LogP contribution in [0.5, 0.6) is 0 Å². The van der Waals surface area contributed by atoms with Crippen molar-refractivity contribution in [2.45, 2.75) is 19.4 Å². The first-order chi connectivity index (χ1) is 8.33. The van der Waals surface area contributed by atoms with E-state index < -0.39 is 0 Å². The minimum absolute atomic E-state index is 0.0642. The van der Waals surface area contributed by atoms with Crippen molar-refractivity contribution in [2.75, 3.05) is 0 Å². The first-order valence-electron chi connectivity index (χ1n) is 5.47. The van der Waals surface area contributed by atoms with Crippen LogP contribution in [0.4, 0.5) is 0 Å². The zero-order valence-corrected chi connectivity index (χ0v) is 9.05. The molecule has 0 bridgehead atoms. The highest BCUT2D eigenvalue weighted by atomic mass is 16.5. The van der Waals surface area contributed by atoms with E-state index in [-0.39, 0.29) is 11.8 Å². The molecule has 2 aromatic rings. The lowest BCUT2D eigenvalue weighted by atomic mass is 10.4. The Labute approximate surface area is 97.0 Å². The number of rotatable bonds is 4. The van der Waals surface area contributed by atoms with Crippen molar-refractivity contribution in [1.82, 2.24) is 15.5 Å². The molecule has 6 heteroatoms. The smallest absolute Gasteiger partial charge is 0.293 e. The molecule has 0 aromatic carbocycles. The summed E-state index contributed by atoms with van der Waals surface area (Å²) in [6.45, 7) is 0.291. The van der Waals surface area contributed by atoms with Gasteiger partial charge in [-0.25, -0.2) is 0 Å². The molecule has 17 heavy (non-hydrogen) atoms. The van der Waals surface area contributed by atoms with Crippen molar-refractivity contribution in [3.8, 4) is 11.7 Å². The van der Waals surface area contributed by atoms with Gasteiger partial charge in [-0.2, -0.15) is 4.98 Å². The number of nitrogens with one attached hydrogen (secondary N) is 1. The molecule has 1 N–H and O–H groups in total. The first kappa shape index (κ1) is 10.1. The third-order valence-corrected chi connectivity index (χ3v) is 2.57. The minimum Gasteiger partial charge on any atom is -0.459 e. The van der Waals surface area contributed by atoms with Gasteiger partial charge in [0.2, 0.25) is 5.91 Å². The molecule has 2 aromatic heterocycles. The summed E-state index contributed by atoms with van der Waals surface area (Å²) in [6.07, 6.45) is 3.50. The molecule has 2 heterocycles. The van der Waals surface area contributed by atoms with Gasteiger partial charge in [0, 0.05) is 5.92 Å². The van der Waals surface area contributed by atoms with Crippen molar-refractivity contribution in [1.29, 1.82) is 0 Å². The number of nitrogens with zero attached hydrogens (tertiary/aromatic N) is 2. The topological polar surface area (TPSA) is 81.2 Å². The van der Waals surface area contributed by atoms with Gasteiger partial charge < -0.3 is 14.3 Å². The standard InChI is InChI=1S/C11H11N3O3/c15-10(7-3-4-7)12-6-9-13-11(17-14-9)8-2-1-5-16-8/h1-2,5,7H,3-4,6H2,(H,12,15). The lowest BCUT2D eigenvalue weighted by Gasteiger charge is -1.98. The number of hydrogen-bond acceptors (Lipinski definition) is 5. The minimum atomic E-state index is 0.0642. The van der Waals surface area contributed by atoms with Crippen LogP contribution in [0.1, 0.15) is 18.7 Å². The summed E-state index contributed by atoms with van der Waals surface area (Å²) in [5, 5.41) is 6.53. The van der Waals surface area contributed by atoms with Crippen molar-refractivity contribution in [3.05, 3.63) is 24.2 Å². The van der Waals surface area contributed by atoms with E-state index in [1.807, 2.05) is 0 Å². The molecule has 6 nitrogen and oxygen atoms in total. The number of hydrogen-bond donors (Lipinski definition) is 1. The Morgan fingerprint density at radius 2 is 2.41 bits per heavy atom. The second kappa shape index (κ2) is 4.04. The van der Waals surface area contributed by atoms with Crippen LogP contribution in [0.2, 0.25) is 0 Å². The average Bonchev–Trinajstić information content (AvgIpc) is 2.87. The van der Waals surface area contributed by atoms with Crippen LogP contribution in [0.15, 0.2) is 27.3 Å². The molecule has 1 saturated carbocycles. The number of aromatic nitrogens is 2. The Morgan fingerprint density at radius 3 is 3.12 bits per heavy atom. The summed E-state index contributed by atoms with van der Waals surface area (Å²) in [7, 11) is 0. The normalized spacial score (nSPS) is 14.8. The summed E-state index contributed by atoms with van der Waals surface area (Å²) in [4.78, 5) is 15.5.